The minimum Gasteiger partial charge on any atom is -0.496 e. The number of nitrogens with zero attached hydrogens (tertiary/aromatic N) is 2. The van der Waals surface area contributed by atoms with Crippen LogP contribution in [0, 0.1) is 0 Å². The fourth-order valence-electron chi connectivity index (χ4n) is 8.10. The summed E-state index contributed by atoms with van der Waals surface area (Å²) in [5.41, 5.74) is 4.34. The predicted molar refractivity (Wildman–Crippen MR) is 231 cm³/mol. The van der Waals surface area contributed by atoms with Crippen LogP contribution in [-0.2, 0) is 4.74 Å². The first-order valence-electron chi connectivity index (χ1n) is 18.9. The van der Waals surface area contributed by atoms with E-state index in [2.05, 4.69) is 17.1 Å². The zero-order valence-corrected chi connectivity index (χ0v) is 35.3. The van der Waals surface area contributed by atoms with Gasteiger partial charge in [-0.05, 0) is 54.8 Å². The van der Waals surface area contributed by atoms with Crippen molar-refractivity contribution >= 4 is 79.0 Å². The SMILES string of the molecule is COc1cc2c(c3ccccc13)[C@H](CCl)CN2C(=O)OC(C)(C)C.COc1cc2cc(C(=O)N3C[C@@H](CCl)c4c3cc(OC)c3ccccc43)[nH]c2c(OC)c1OC. The molecule has 11 nitrogen and oxygen atoms in total. The molecule has 0 unspecified atom stereocenters. The van der Waals surface area contributed by atoms with E-state index in [4.69, 9.17) is 51.6 Å². The highest BCUT2D eigenvalue weighted by Gasteiger charge is 2.38. The summed E-state index contributed by atoms with van der Waals surface area (Å²) in [4.78, 5) is 33.1. The van der Waals surface area contributed by atoms with Crippen LogP contribution in [0.1, 0.15) is 54.2 Å². The Labute approximate surface area is 347 Å². The topological polar surface area (TPSA) is 112 Å². The molecule has 3 heterocycles. The van der Waals surface area contributed by atoms with Gasteiger partial charge in [-0.15, -0.1) is 23.2 Å². The second-order valence-corrected chi connectivity index (χ2v) is 15.7. The Bertz CT molecular complexity index is 2530. The molecule has 2 aliphatic heterocycles. The number of ether oxygens (including phenoxy) is 6. The minimum absolute atomic E-state index is 0.00975. The summed E-state index contributed by atoms with van der Waals surface area (Å²) in [5, 5.41) is 4.93. The third-order valence-electron chi connectivity index (χ3n) is 10.6. The normalized spacial score (nSPS) is 15.8. The molecule has 8 rings (SSSR count). The van der Waals surface area contributed by atoms with E-state index in [9.17, 15) is 9.59 Å². The van der Waals surface area contributed by atoms with Gasteiger partial charge in [0.1, 0.15) is 22.8 Å². The molecule has 0 saturated carbocycles. The van der Waals surface area contributed by atoms with E-state index >= 15 is 0 Å². The third-order valence-corrected chi connectivity index (χ3v) is 11.3. The second-order valence-electron chi connectivity index (χ2n) is 15.1. The van der Waals surface area contributed by atoms with Crippen LogP contribution in [-0.4, -0.2) is 83.0 Å². The Kier molecular flexibility index (Phi) is 11.5. The summed E-state index contributed by atoms with van der Waals surface area (Å²) in [7, 11) is 7.94. The van der Waals surface area contributed by atoms with Crippen molar-refractivity contribution in [3.05, 3.63) is 89.6 Å². The number of carbonyl (C=O) groups excluding carboxylic acids is 2. The number of methoxy groups -OCH3 is 5. The number of alkyl halides is 2. The lowest BCUT2D eigenvalue weighted by molar-refractivity contribution is 0.0582. The first kappa shape index (κ1) is 40.7. The smallest absolute Gasteiger partial charge is 0.414 e. The molecule has 0 aliphatic carbocycles. The molecule has 2 aliphatic rings. The van der Waals surface area contributed by atoms with Crippen molar-refractivity contribution in [3.63, 3.8) is 0 Å². The van der Waals surface area contributed by atoms with Crippen molar-refractivity contribution in [1.82, 2.24) is 4.98 Å². The molecule has 13 heteroatoms. The van der Waals surface area contributed by atoms with E-state index in [1.54, 1.807) is 51.4 Å². The lowest BCUT2D eigenvalue weighted by atomic mass is 9.95. The molecule has 58 heavy (non-hydrogen) atoms. The highest BCUT2D eigenvalue weighted by Crippen LogP contribution is 2.48. The summed E-state index contributed by atoms with van der Waals surface area (Å²) in [5.74, 6) is 3.69. The van der Waals surface area contributed by atoms with Gasteiger partial charge in [-0.25, -0.2) is 4.79 Å². The number of hydrogen-bond donors (Lipinski definition) is 1. The fraction of sp³-hybridized carbons (Fsp3) is 0.333. The van der Waals surface area contributed by atoms with Gasteiger partial charge in [0.25, 0.3) is 5.91 Å². The number of aromatic amines is 1. The average Bonchev–Trinajstić information content (AvgIpc) is 3.95. The molecule has 6 aromatic rings. The summed E-state index contributed by atoms with van der Waals surface area (Å²) in [6.45, 7) is 6.59. The number of fused-ring (bicyclic) bond motifs is 7. The summed E-state index contributed by atoms with van der Waals surface area (Å²) < 4.78 is 33.3. The van der Waals surface area contributed by atoms with Gasteiger partial charge < -0.3 is 38.3 Å². The van der Waals surface area contributed by atoms with Crippen LogP contribution in [0.4, 0.5) is 16.2 Å². The summed E-state index contributed by atoms with van der Waals surface area (Å²) in [6, 6.07) is 23.5. The van der Waals surface area contributed by atoms with Gasteiger partial charge in [0.05, 0.1) is 52.4 Å². The monoisotopic (exact) mass is 827 g/mol. The van der Waals surface area contributed by atoms with Crippen molar-refractivity contribution in [1.29, 1.82) is 0 Å². The predicted octanol–water partition coefficient (Wildman–Crippen LogP) is 10.3. The molecular formula is C45H47Cl2N3O8. The highest BCUT2D eigenvalue weighted by molar-refractivity contribution is 6.20. The van der Waals surface area contributed by atoms with Gasteiger partial charge in [0.15, 0.2) is 11.5 Å². The number of rotatable bonds is 8. The Morgan fingerprint density at radius 2 is 1.14 bits per heavy atom. The van der Waals surface area contributed by atoms with Gasteiger partial charge in [-0.3, -0.25) is 9.69 Å². The van der Waals surface area contributed by atoms with Crippen molar-refractivity contribution in [2.75, 3.05) is 70.2 Å². The summed E-state index contributed by atoms with van der Waals surface area (Å²) in [6.07, 6.45) is -0.353. The quantitative estimate of drug-likeness (QED) is 0.151. The van der Waals surface area contributed by atoms with E-state index < -0.39 is 5.60 Å². The standard InChI is InChI=1S/C26H25ClN2O5.C19H22ClNO3/c1-31-20-11-19-22(17-8-6-5-7-16(17)20)15(12-27)13-29(19)26(30)18-9-14-10-21(32-2)24(33-3)25(34-4)23(14)28-18;1-19(2,3)24-18(22)21-11-12(10-20)17-14-8-6-5-7-13(14)16(23-4)9-15(17)21/h5-11,15,28H,12-13H2,1-4H3;5-9,12H,10-11H2,1-4H3/t15-;12-/m11/s1. The number of carbonyl (C=O) groups is 2. The molecular weight excluding hydrogens is 781 g/mol. The zero-order valence-electron chi connectivity index (χ0n) is 33.8. The first-order valence-corrected chi connectivity index (χ1v) is 19.9. The molecule has 5 aromatic carbocycles. The molecule has 0 saturated heterocycles. The van der Waals surface area contributed by atoms with Crippen molar-refractivity contribution in [3.8, 4) is 28.7 Å². The lowest BCUT2D eigenvalue weighted by Gasteiger charge is -2.25. The van der Waals surface area contributed by atoms with Gasteiger partial charge >= 0.3 is 6.09 Å². The maximum absolute atomic E-state index is 13.8. The number of halogens is 2. The molecule has 1 aromatic heterocycles. The van der Waals surface area contributed by atoms with Gasteiger partial charge in [-0.2, -0.15) is 0 Å². The lowest BCUT2D eigenvalue weighted by Crippen LogP contribution is -2.36. The Morgan fingerprint density at radius 1 is 0.655 bits per heavy atom. The number of anilines is 2. The number of H-pyrrole nitrogens is 1. The molecule has 0 bridgehead atoms. The Balaban J connectivity index is 0.000000188. The largest absolute Gasteiger partial charge is 0.496 e. The summed E-state index contributed by atoms with van der Waals surface area (Å²) >= 11 is 12.6. The van der Waals surface area contributed by atoms with Crippen LogP contribution in [0.2, 0.25) is 0 Å². The number of nitrogens with one attached hydrogen (secondary N) is 1. The van der Waals surface area contributed by atoms with Crippen molar-refractivity contribution in [2.24, 2.45) is 0 Å². The Hall–Kier alpha value is -5.52. The molecule has 2 amide bonds. The van der Waals surface area contributed by atoms with Crippen molar-refractivity contribution < 1.29 is 38.0 Å². The van der Waals surface area contributed by atoms with Crippen LogP contribution < -0.4 is 33.5 Å². The van der Waals surface area contributed by atoms with E-state index in [1.165, 1.54) is 0 Å². The number of benzene rings is 5. The molecule has 0 fully saturated rings. The first-order chi connectivity index (χ1) is 27.9. The molecule has 1 N–H and O–H groups in total. The maximum atomic E-state index is 13.8. The molecule has 0 radical (unpaired) electrons. The van der Waals surface area contributed by atoms with Crippen LogP contribution in [0.3, 0.4) is 0 Å². The van der Waals surface area contributed by atoms with Crippen LogP contribution in [0.15, 0.2) is 72.8 Å². The third kappa shape index (κ3) is 7.15. The van der Waals surface area contributed by atoms with Gasteiger partial charge in [0, 0.05) is 65.0 Å². The molecule has 304 valence electrons. The van der Waals surface area contributed by atoms with E-state index in [1.807, 2.05) is 75.4 Å². The second kappa shape index (κ2) is 16.4. The zero-order chi connectivity index (χ0) is 41.5. The number of hydrogen-bond acceptors (Lipinski definition) is 8. The fourth-order valence-corrected chi connectivity index (χ4v) is 8.61. The Morgan fingerprint density at radius 3 is 1.60 bits per heavy atom. The highest BCUT2D eigenvalue weighted by atomic mass is 35.5. The van der Waals surface area contributed by atoms with E-state index in [-0.39, 0.29) is 23.8 Å². The van der Waals surface area contributed by atoms with Gasteiger partial charge in [0.2, 0.25) is 5.75 Å². The van der Waals surface area contributed by atoms with Crippen LogP contribution in [0.5, 0.6) is 28.7 Å². The van der Waals surface area contributed by atoms with E-state index in [0.29, 0.717) is 53.3 Å². The van der Waals surface area contributed by atoms with Crippen LogP contribution in [0.25, 0.3) is 32.4 Å². The minimum atomic E-state index is -0.544. The van der Waals surface area contributed by atoms with Crippen molar-refractivity contribution in [2.45, 2.75) is 38.2 Å². The average molecular weight is 829 g/mol. The maximum Gasteiger partial charge on any atom is 0.414 e. The number of amides is 2. The number of aromatic nitrogens is 1. The van der Waals surface area contributed by atoms with E-state index in [0.717, 1.165) is 60.9 Å². The van der Waals surface area contributed by atoms with Crippen LogP contribution >= 0.6 is 23.2 Å². The molecule has 2 atom stereocenters. The van der Waals surface area contributed by atoms with Gasteiger partial charge in [-0.1, -0.05) is 48.5 Å². The molecule has 0 spiro atoms.